The van der Waals surface area contributed by atoms with Gasteiger partial charge < -0.3 is 5.11 Å². The number of sulfone groups is 1. The molecule has 0 aliphatic rings. The van der Waals surface area contributed by atoms with E-state index >= 15 is 0 Å². The molecule has 3 nitrogen and oxygen atoms in total. The molecule has 100 valence electrons. The van der Waals surface area contributed by atoms with E-state index in [2.05, 4.69) is 0 Å². The average Bonchev–Trinajstić information content (AvgIpc) is 2.42. The van der Waals surface area contributed by atoms with E-state index in [1.807, 2.05) is 0 Å². The van der Waals surface area contributed by atoms with Crippen LogP contribution in [0.25, 0.3) is 0 Å². The van der Waals surface area contributed by atoms with E-state index < -0.39 is 9.84 Å². The molecule has 19 heavy (non-hydrogen) atoms. The molecule has 0 aromatic heterocycles. The first kappa shape index (κ1) is 14.0. The van der Waals surface area contributed by atoms with Crippen LogP contribution in [0.1, 0.15) is 6.92 Å². The van der Waals surface area contributed by atoms with Gasteiger partial charge in [0.05, 0.1) is 15.5 Å². The van der Waals surface area contributed by atoms with Crippen LogP contribution in [0.3, 0.4) is 0 Å². The van der Waals surface area contributed by atoms with Gasteiger partial charge in [-0.3, -0.25) is 0 Å². The maximum Gasteiger partial charge on any atom is 0.179 e. The Balaban J connectivity index is 2.45. The van der Waals surface area contributed by atoms with Crippen LogP contribution in [0, 0.1) is 0 Å². The molecule has 0 bridgehead atoms. The zero-order valence-electron chi connectivity index (χ0n) is 10.4. The Morgan fingerprint density at radius 3 is 2.21 bits per heavy atom. The molecule has 0 spiro atoms. The molecular formula is C14H14O3S2. The second-order valence-corrected chi connectivity index (χ2v) is 7.25. The highest BCUT2D eigenvalue weighted by atomic mass is 32.2. The van der Waals surface area contributed by atoms with Gasteiger partial charge in [-0.1, -0.05) is 43.0 Å². The Labute approximate surface area is 117 Å². The number of benzene rings is 2. The summed E-state index contributed by atoms with van der Waals surface area (Å²) in [5.74, 6) is 0.210. The molecule has 0 fully saturated rings. The second-order valence-electron chi connectivity index (χ2n) is 3.92. The van der Waals surface area contributed by atoms with Crippen molar-refractivity contribution in [3.8, 4) is 5.75 Å². The van der Waals surface area contributed by atoms with Crippen LogP contribution >= 0.6 is 11.8 Å². The van der Waals surface area contributed by atoms with Crippen molar-refractivity contribution in [3.05, 3.63) is 48.5 Å². The van der Waals surface area contributed by atoms with Gasteiger partial charge in [-0.15, -0.1) is 0 Å². The Bertz CT molecular complexity index is 679. The largest absolute Gasteiger partial charge is 0.507 e. The summed E-state index contributed by atoms with van der Waals surface area (Å²) in [6, 6.07) is 13.7. The zero-order valence-corrected chi connectivity index (χ0v) is 12.0. The van der Waals surface area contributed by atoms with Crippen molar-refractivity contribution in [1.29, 1.82) is 0 Å². The van der Waals surface area contributed by atoms with Gasteiger partial charge in [-0.2, -0.15) is 0 Å². The fraction of sp³-hybridized carbons (Fsp3) is 0.143. The highest BCUT2D eigenvalue weighted by Crippen LogP contribution is 2.37. The van der Waals surface area contributed by atoms with Crippen LogP contribution < -0.4 is 0 Å². The van der Waals surface area contributed by atoms with E-state index in [0.717, 1.165) is 0 Å². The number of phenols is 1. The SMILES string of the molecule is CCS(=O)(=O)c1ccccc1Sc1ccccc1O. The van der Waals surface area contributed by atoms with Crippen LogP contribution in [0.5, 0.6) is 5.75 Å². The van der Waals surface area contributed by atoms with Crippen LogP contribution in [0.2, 0.25) is 0 Å². The normalized spacial score (nSPS) is 11.4. The summed E-state index contributed by atoms with van der Waals surface area (Å²) >= 11 is 1.25. The first-order chi connectivity index (χ1) is 9.04. The van der Waals surface area contributed by atoms with E-state index in [0.29, 0.717) is 14.7 Å². The minimum Gasteiger partial charge on any atom is -0.507 e. The van der Waals surface area contributed by atoms with Crippen molar-refractivity contribution < 1.29 is 13.5 Å². The topological polar surface area (TPSA) is 54.4 Å². The lowest BCUT2D eigenvalue weighted by molar-refractivity contribution is 0.462. The fourth-order valence-electron chi connectivity index (χ4n) is 1.61. The lowest BCUT2D eigenvalue weighted by atomic mass is 10.3. The highest BCUT2D eigenvalue weighted by Gasteiger charge is 2.17. The van der Waals surface area contributed by atoms with Crippen molar-refractivity contribution in [3.63, 3.8) is 0 Å². The molecular weight excluding hydrogens is 280 g/mol. The number of phenolic OH excluding ortho intramolecular Hbond substituents is 1. The summed E-state index contributed by atoms with van der Waals surface area (Å²) < 4.78 is 24.0. The summed E-state index contributed by atoms with van der Waals surface area (Å²) in [5, 5.41) is 9.75. The molecule has 0 amide bonds. The van der Waals surface area contributed by atoms with E-state index in [9.17, 15) is 13.5 Å². The predicted octanol–water partition coefficient (Wildman–Crippen LogP) is 3.34. The molecule has 2 aromatic rings. The van der Waals surface area contributed by atoms with Crippen LogP contribution in [-0.2, 0) is 9.84 Å². The molecule has 0 saturated heterocycles. The van der Waals surface area contributed by atoms with Gasteiger partial charge in [0, 0.05) is 4.90 Å². The highest BCUT2D eigenvalue weighted by molar-refractivity contribution is 8.00. The third kappa shape index (κ3) is 3.11. The quantitative estimate of drug-likeness (QED) is 0.939. The van der Waals surface area contributed by atoms with Gasteiger partial charge in [-0.05, 0) is 24.3 Å². The number of aromatic hydroxyl groups is 1. The van der Waals surface area contributed by atoms with E-state index in [1.54, 1.807) is 55.5 Å². The van der Waals surface area contributed by atoms with Crippen LogP contribution in [0.4, 0.5) is 0 Å². The van der Waals surface area contributed by atoms with Gasteiger partial charge in [0.2, 0.25) is 0 Å². The number of para-hydroxylation sites is 1. The number of hydrogen-bond acceptors (Lipinski definition) is 4. The van der Waals surface area contributed by atoms with Crippen molar-refractivity contribution in [2.24, 2.45) is 0 Å². The lowest BCUT2D eigenvalue weighted by Gasteiger charge is -2.09. The lowest BCUT2D eigenvalue weighted by Crippen LogP contribution is -2.04. The molecule has 2 rings (SSSR count). The summed E-state index contributed by atoms with van der Waals surface area (Å²) in [7, 11) is -3.26. The van der Waals surface area contributed by atoms with Gasteiger partial charge in [0.15, 0.2) is 9.84 Å². The minimum atomic E-state index is -3.26. The fourth-order valence-corrected chi connectivity index (χ4v) is 3.96. The molecule has 0 aliphatic heterocycles. The molecule has 0 unspecified atom stereocenters. The van der Waals surface area contributed by atoms with Gasteiger partial charge in [0.1, 0.15) is 5.75 Å². The summed E-state index contributed by atoms with van der Waals surface area (Å²) in [4.78, 5) is 1.58. The van der Waals surface area contributed by atoms with Gasteiger partial charge in [0.25, 0.3) is 0 Å². The standard InChI is InChI=1S/C14H14O3S2/c1-2-19(16,17)14-10-6-5-9-13(14)18-12-8-4-3-7-11(12)15/h3-10,15H,2H2,1H3. The van der Waals surface area contributed by atoms with Gasteiger partial charge >= 0.3 is 0 Å². The molecule has 0 heterocycles. The van der Waals surface area contributed by atoms with Crippen molar-refractivity contribution in [2.45, 2.75) is 21.6 Å². The average molecular weight is 294 g/mol. The number of hydrogen-bond donors (Lipinski definition) is 1. The summed E-state index contributed by atoms with van der Waals surface area (Å²) in [6.07, 6.45) is 0. The summed E-state index contributed by atoms with van der Waals surface area (Å²) in [5.41, 5.74) is 0. The van der Waals surface area contributed by atoms with E-state index in [4.69, 9.17) is 0 Å². The molecule has 0 aliphatic carbocycles. The Kier molecular flexibility index (Phi) is 4.17. The zero-order chi connectivity index (χ0) is 13.9. The maximum absolute atomic E-state index is 12.0. The molecule has 5 heteroatoms. The molecule has 0 saturated carbocycles. The van der Waals surface area contributed by atoms with Crippen molar-refractivity contribution in [2.75, 3.05) is 5.75 Å². The first-order valence-corrected chi connectivity index (χ1v) is 8.29. The van der Waals surface area contributed by atoms with E-state index in [-0.39, 0.29) is 11.5 Å². The maximum atomic E-state index is 12.0. The third-order valence-electron chi connectivity index (χ3n) is 2.65. The van der Waals surface area contributed by atoms with Crippen LogP contribution in [0.15, 0.2) is 63.2 Å². The van der Waals surface area contributed by atoms with Crippen molar-refractivity contribution in [1.82, 2.24) is 0 Å². The van der Waals surface area contributed by atoms with Crippen LogP contribution in [-0.4, -0.2) is 19.3 Å². The summed E-state index contributed by atoms with van der Waals surface area (Å²) in [6.45, 7) is 1.62. The smallest absolute Gasteiger partial charge is 0.179 e. The van der Waals surface area contributed by atoms with Crippen molar-refractivity contribution >= 4 is 21.6 Å². The monoisotopic (exact) mass is 294 g/mol. The molecule has 1 N–H and O–H groups in total. The Morgan fingerprint density at radius 1 is 1.00 bits per heavy atom. The Hall–Kier alpha value is -1.46. The Morgan fingerprint density at radius 2 is 1.58 bits per heavy atom. The minimum absolute atomic E-state index is 0.0609. The first-order valence-electron chi connectivity index (χ1n) is 5.82. The predicted molar refractivity (Wildman–Crippen MR) is 76.4 cm³/mol. The molecule has 0 radical (unpaired) electrons. The van der Waals surface area contributed by atoms with Gasteiger partial charge in [-0.25, -0.2) is 8.42 Å². The third-order valence-corrected chi connectivity index (χ3v) is 5.71. The second kappa shape index (κ2) is 5.67. The number of rotatable bonds is 4. The molecule has 2 aromatic carbocycles. The molecule has 0 atom stereocenters. The van der Waals surface area contributed by atoms with E-state index in [1.165, 1.54) is 11.8 Å².